The van der Waals surface area contributed by atoms with Crippen LogP contribution in [0.15, 0.2) is 18.2 Å². The number of rotatable bonds is 4. The topological polar surface area (TPSA) is 21.3 Å². The zero-order valence-corrected chi connectivity index (χ0v) is 13.7. The molecule has 0 aliphatic heterocycles. The molecule has 1 saturated carbocycles. The molecule has 0 radical (unpaired) electrons. The molecular formula is C16H23Cl2NO. The second kappa shape index (κ2) is 7.13. The van der Waals surface area contributed by atoms with Crippen LogP contribution in [0.25, 0.3) is 0 Å². The van der Waals surface area contributed by atoms with E-state index in [9.17, 15) is 0 Å². The molecule has 1 N–H and O–H groups in total. The maximum absolute atomic E-state index is 6.17. The van der Waals surface area contributed by atoms with Crippen molar-refractivity contribution in [3.63, 3.8) is 0 Å². The van der Waals surface area contributed by atoms with E-state index in [0.29, 0.717) is 10.0 Å². The highest BCUT2D eigenvalue weighted by Gasteiger charge is 2.39. The average Bonchev–Trinajstić information content (AvgIpc) is 2.70. The summed E-state index contributed by atoms with van der Waals surface area (Å²) in [7, 11) is 3.81. The summed E-state index contributed by atoms with van der Waals surface area (Å²) in [4.78, 5) is 0. The minimum atomic E-state index is -0.150. The van der Waals surface area contributed by atoms with E-state index < -0.39 is 0 Å². The predicted octanol–water partition coefficient (Wildman–Crippen LogP) is 4.99. The number of benzene rings is 1. The average molecular weight is 316 g/mol. The summed E-state index contributed by atoms with van der Waals surface area (Å²) in [5.74, 6) is 0. The highest BCUT2D eigenvalue weighted by atomic mass is 35.5. The number of nitrogens with one attached hydrogen (secondary N) is 1. The van der Waals surface area contributed by atoms with Crippen molar-refractivity contribution < 1.29 is 4.74 Å². The Morgan fingerprint density at radius 3 is 2.25 bits per heavy atom. The number of ether oxygens (including phenoxy) is 1. The molecule has 20 heavy (non-hydrogen) atoms. The standard InChI is InChI=1S/C16H23Cl2NO/c1-19-15(12-7-8-13(17)14(18)11-12)16(20-2)9-5-3-4-6-10-16/h7-8,11,15,19H,3-6,9-10H2,1-2H3. The summed E-state index contributed by atoms with van der Waals surface area (Å²) in [6.45, 7) is 0. The van der Waals surface area contributed by atoms with E-state index in [1.807, 2.05) is 32.4 Å². The van der Waals surface area contributed by atoms with Gasteiger partial charge in [-0.2, -0.15) is 0 Å². The highest BCUT2D eigenvalue weighted by Crippen LogP contribution is 2.41. The summed E-state index contributed by atoms with van der Waals surface area (Å²) >= 11 is 12.2. The molecule has 1 aliphatic carbocycles. The second-order valence-corrected chi connectivity index (χ2v) is 6.39. The molecule has 4 heteroatoms. The fraction of sp³-hybridized carbons (Fsp3) is 0.625. The third-order valence-corrected chi connectivity index (χ3v) is 5.19. The molecular weight excluding hydrogens is 293 g/mol. The SMILES string of the molecule is CNC(c1ccc(Cl)c(Cl)c1)C1(OC)CCCCCC1. The van der Waals surface area contributed by atoms with E-state index in [-0.39, 0.29) is 11.6 Å². The van der Waals surface area contributed by atoms with Crippen molar-refractivity contribution in [1.29, 1.82) is 0 Å². The molecule has 0 bridgehead atoms. The van der Waals surface area contributed by atoms with Crippen LogP contribution >= 0.6 is 23.2 Å². The molecule has 1 aliphatic rings. The fourth-order valence-corrected chi connectivity index (χ4v) is 3.67. The third kappa shape index (κ3) is 3.30. The maximum Gasteiger partial charge on any atom is 0.0872 e. The normalized spacial score (nSPS) is 20.4. The van der Waals surface area contributed by atoms with Crippen LogP contribution in [0.2, 0.25) is 10.0 Å². The second-order valence-electron chi connectivity index (χ2n) is 5.58. The fourth-order valence-electron chi connectivity index (χ4n) is 3.36. The van der Waals surface area contributed by atoms with Gasteiger partial charge >= 0.3 is 0 Å². The lowest BCUT2D eigenvalue weighted by atomic mass is 9.82. The quantitative estimate of drug-likeness (QED) is 0.790. The Labute approximate surface area is 131 Å². The predicted molar refractivity (Wildman–Crippen MR) is 85.7 cm³/mol. The molecule has 2 rings (SSSR count). The summed E-state index contributed by atoms with van der Waals surface area (Å²) in [5.41, 5.74) is 0.994. The van der Waals surface area contributed by atoms with Gasteiger partial charge in [0.1, 0.15) is 0 Å². The molecule has 0 amide bonds. The summed E-state index contributed by atoms with van der Waals surface area (Å²) in [5, 5.41) is 4.62. The van der Waals surface area contributed by atoms with Gasteiger partial charge in [-0.3, -0.25) is 0 Å². The van der Waals surface area contributed by atoms with E-state index in [1.165, 1.54) is 25.7 Å². The zero-order chi connectivity index (χ0) is 14.6. The number of methoxy groups -OCH3 is 1. The molecule has 2 nitrogen and oxygen atoms in total. The minimum absolute atomic E-state index is 0.139. The first kappa shape index (κ1) is 16.1. The van der Waals surface area contributed by atoms with Crippen LogP contribution in [0.1, 0.15) is 50.1 Å². The Bertz CT molecular complexity index is 442. The van der Waals surface area contributed by atoms with E-state index in [1.54, 1.807) is 0 Å². The van der Waals surface area contributed by atoms with Crippen LogP contribution in [0.3, 0.4) is 0 Å². The molecule has 1 atom stereocenters. The van der Waals surface area contributed by atoms with Crippen LogP contribution in [0, 0.1) is 0 Å². The maximum atomic E-state index is 6.17. The molecule has 1 unspecified atom stereocenters. The molecule has 0 spiro atoms. The van der Waals surface area contributed by atoms with Gasteiger partial charge in [0.25, 0.3) is 0 Å². The highest BCUT2D eigenvalue weighted by molar-refractivity contribution is 6.42. The first-order valence-electron chi connectivity index (χ1n) is 7.30. The zero-order valence-electron chi connectivity index (χ0n) is 12.2. The summed E-state index contributed by atoms with van der Waals surface area (Å²) in [6.07, 6.45) is 7.18. The van der Waals surface area contributed by atoms with Crippen molar-refractivity contribution in [3.05, 3.63) is 33.8 Å². The minimum Gasteiger partial charge on any atom is -0.376 e. The van der Waals surface area contributed by atoms with Gasteiger partial charge in [0.15, 0.2) is 0 Å². The first-order valence-corrected chi connectivity index (χ1v) is 8.06. The van der Waals surface area contributed by atoms with Gasteiger partial charge in [0, 0.05) is 7.11 Å². The van der Waals surface area contributed by atoms with Crippen LogP contribution in [-0.2, 0) is 4.74 Å². The van der Waals surface area contributed by atoms with Crippen molar-refractivity contribution in [2.24, 2.45) is 0 Å². The molecule has 1 fully saturated rings. The van der Waals surface area contributed by atoms with E-state index in [2.05, 4.69) is 5.32 Å². The van der Waals surface area contributed by atoms with Gasteiger partial charge < -0.3 is 10.1 Å². The van der Waals surface area contributed by atoms with Crippen molar-refractivity contribution in [2.45, 2.75) is 50.2 Å². The number of hydrogen-bond acceptors (Lipinski definition) is 2. The van der Waals surface area contributed by atoms with Crippen molar-refractivity contribution in [3.8, 4) is 0 Å². The van der Waals surface area contributed by atoms with Crippen molar-refractivity contribution >= 4 is 23.2 Å². The van der Waals surface area contributed by atoms with E-state index >= 15 is 0 Å². The molecule has 112 valence electrons. The van der Waals surface area contributed by atoms with Crippen molar-refractivity contribution in [1.82, 2.24) is 5.32 Å². The van der Waals surface area contributed by atoms with E-state index in [4.69, 9.17) is 27.9 Å². The molecule has 0 aromatic heterocycles. The Hall–Kier alpha value is -0.280. The van der Waals surface area contributed by atoms with Gasteiger partial charge in [-0.1, -0.05) is 55.0 Å². The lowest BCUT2D eigenvalue weighted by molar-refractivity contribution is -0.0522. The molecule has 0 heterocycles. The Kier molecular flexibility index (Phi) is 5.74. The van der Waals surface area contributed by atoms with Gasteiger partial charge in [0.05, 0.1) is 21.7 Å². The summed E-state index contributed by atoms with van der Waals surface area (Å²) < 4.78 is 6.00. The van der Waals surface area contributed by atoms with Crippen LogP contribution in [-0.4, -0.2) is 19.8 Å². The number of halogens is 2. The third-order valence-electron chi connectivity index (χ3n) is 4.45. The largest absolute Gasteiger partial charge is 0.376 e. The first-order chi connectivity index (χ1) is 9.63. The number of hydrogen-bond donors (Lipinski definition) is 1. The van der Waals surface area contributed by atoms with Crippen LogP contribution in [0.5, 0.6) is 0 Å². The van der Waals surface area contributed by atoms with Gasteiger partial charge in [0.2, 0.25) is 0 Å². The lowest BCUT2D eigenvalue weighted by Crippen LogP contribution is -2.44. The Balaban J connectivity index is 2.34. The van der Waals surface area contributed by atoms with Crippen molar-refractivity contribution in [2.75, 3.05) is 14.2 Å². The van der Waals surface area contributed by atoms with Crippen LogP contribution in [0.4, 0.5) is 0 Å². The van der Waals surface area contributed by atoms with Gasteiger partial charge in [-0.25, -0.2) is 0 Å². The van der Waals surface area contributed by atoms with Gasteiger partial charge in [-0.05, 0) is 37.6 Å². The van der Waals surface area contributed by atoms with E-state index in [0.717, 1.165) is 18.4 Å². The molecule has 1 aromatic rings. The molecule has 1 aromatic carbocycles. The Morgan fingerprint density at radius 2 is 1.75 bits per heavy atom. The smallest absolute Gasteiger partial charge is 0.0872 e. The monoisotopic (exact) mass is 315 g/mol. The lowest BCUT2D eigenvalue weighted by Gasteiger charge is -2.39. The summed E-state index contributed by atoms with van der Waals surface area (Å²) in [6, 6.07) is 6.00. The number of likely N-dealkylation sites (N-methyl/N-ethyl adjacent to an activating group) is 1. The molecule has 0 saturated heterocycles. The Morgan fingerprint density at radius 1 is 1.10 bits per heavy atom. The van der Waals surface area contributed by atoms with Gasteiger partial charge in [-0.15, -0.1) is 0 Å². The van der Waals surface area contributed by atoms with Crippen LogP contribution < -0.4 is 5.32 Å².